The first-order chi connectivity index (χ1) is 2.64. The van der Waals surface area contributed by atoms with Crippen LogP contribution in [0.4, 0.5) is 0 Å². The second-order valence-corrected chi connectivity index (χ2v) is 1.19. The van der Waals surface area contributed by atoms with Crippen LogP contribution in [0.2, 0.25) is 0 Å². The third kappa shape index (κ3) is 5.72. The van der Waals surface area contributed by atoms with Crippen LogP contribution in [-0.2, 0) is 4.79 Å². The van der Waals surface area contributed by atoms with Gasteiger partial charge < -0.3 is 11.5 Å². The van der Waals surface area contributed by atoms with Gasteiger partial charge in [0.1, 0.15) is 0 Å². The molecule has 0 fully saturated rings. The van der Waals surface area contributed by atoms with Gasteiger partial charge in [-0.1, -0.05) is 0 Å². The fourth-order valence-corrected chi connectivity index (χ4v) is 0. The molecule has 7 heavy (non-hydrogen) atoms. The van der Waals surface area contributed by atoms with Crippen molar-refractivity contribution in [3.8, 4) is 0 Å². The lowest BCUT2D eigenvalue weighted by Crippen LogP contribution is -2.32. The number of rotatable bonds is 1. The first-order valence-electron chi connectivity index (χ1n) is 1.69. The molecule has 3 nitrogen and oxygen atoms in total. The highest BCUT2D eigenvalue weighted by atomic mass is 35.5. The third-order valence-corrected chi connectivity index (χ3v) is 0.449. The van der Waals surface area contributed by atoms with E-state index in [0.717, 1.165) is 0 Å². The van der Waals surface area contributed by atoms with Crippen molar-refractivity contribution in [1.29, 1.82) is 0 Å². The van der Waals surface area contributed by atoms with Crippen molar-refractivity contribution in [3.05, 3.63) is 0 Å². The molecule has 44 valence electrons. The molecule has 1 unspecified atom stereocenters. The molecule has 0 aromatic heterocycles. The second kappa shape index (κ2) is 3.89. The largest absolute Gasteiger partial charge is 0.368 e. The van der Waals surface area contributed by atoms with Gasteiger partial charge >= 0.3 is 0 Å². The smallest absolute Gasteiger partial charge is 0.234 e. The number of amides is 1. The molecule has 4 N–H and O–H groups in total. The summed E-state index contributed by atoms with van der Waals surface area (Å²) in [5.41, 5.74) is 9.63. The van der Waals surface area contributed by atoms with Crippen LogP contribution in [0.5, 0.6) is 0 Å². The highest BCUT2D eigenvalue weighted by Gasteiger charge is 1.96. The summed E-state index contributed by atoms with van der Waals surface area (Å²) in [6, 6.07) is -0.509. The quantitative estimate of drug-likeness (QED) is 0.483. The highest BCUT2D eigenvalue weighted by Crippen LogP contribution is 1.64. The predicted octanol–water partition coefficient (Wildman–Crippen LogP) is -0.759. The molecular formula is C3H9ClN2O. The van der Waals surface area contributed by atoms with Crippen molar-refractivity contribution in [2.45, 2.75) is 13.0 Å². The average Bonchev–Trinajstić information content (AvgIpc) is 1.36. The van der Waals surface area contributed by atoms with Gasteiger partial charge in [0, 0.05) is 0 Å². The molecule has 0 radical (unpaired) electrons. The summed E-state index contributed by atoms with van der Waals surface area (Å²) < 4.78 is 0. The summed E-state index contributed by atoms with van der Waals surface area (Å²) in [5.74, 6) is -0.463. The third-order valence-electron chi connectivity index (χ3n) is 0.449. The highest BCUT2D eigenvalue weighted by molar-refractivity contribution is 5.85. The summed E-state index contributed by atoms with van der Waals surface area (Å²) >= 11 is 0. The lowest BCUT2D eigenvalue weighted by molar-refractivity contribution is -0.118. The first-order valence-corrected chi connectivity index (χ1v) is 1.69. The SMILES string of the molecule is CC(N)C(N)=O.Cl. The topological polar surface area (TPSA) is 69.1 Å². The fraction of sp³-hybridized carbons (Fsp3) is 0.667. The zero-order valence-electron chi connectivity index (χ0n) is 4.05. The molecule has 0 aliphatic heterocycles. The number of carbonyl (C=O) groups excluding carboxylic acids is 1. The Labute approximate surface area is 48.5 Å². The molecule has 0 saturated carbocycles. The van der Waals surface area contributed by atoms with Crippen molar-refractivity contribution in [2.75, 3.05) is 0 Å². The van der Waals surface area contributed by atoms with E-state index in [1.807, 2.05) is 0 Å². The maximum absolute atomic E-state index is 9.80. The van der Waals surface area contributed by atoms with Crippen molar-refractivity contribution in [2.24, 2.45) is 11.5 Å². The number of carbonyl (C=O) groups is 1. The number of halogens is 1. The van der Waals surface area contributed by atoms with E-state index < -0.39 is 11.9 Å². The van der Waals surface area contributed by atoms with Gasteiger partial charge in [-0.05, 0) is 6.92 Å². The van der Waals surface area contributed by atoms with Crippen molar-refractivity contribution < 1.29 is 4.79 Å². The van der Waals surface area contributed by atoms with Gasteiger partial charge in [-0.15, -0.1) is 12.4 Å². The number of hydrogen-bond donors (Lipinski definition) is 2. The van der Waals surface area contributed by atoms with E-state index in [2.05, 4.69) is 5.73 Å². The van der Waals surface area contributed by atoms with Gasteiger partial charge in [0.15, 0.2) is 0 Å². The van der Waals surface area contributed by atoms with Crippen LogP contribution in [0.15, 0.2) is 0 Å². The Morgan fingerprint density at radius 2 is 1.86 bits per heavy atom. The first kappa shape index (κ1) is 9.87. The lowest BCUT2D eigenvalue weighted by Gasteiger charge is -1.91. The maximum Gasteiger partial charge on any atom is 0.234 e. The molecule has 4 heteroatoms. The summed E-state index contributed by atoms with van der Waals surface area (Å²) in [6.45, 7) is 1.54. The minimum atomic E-state index is -0.509. The molecule has 0 aromatic rings. The van der Waals surface area contributed by atoms with Gasteiger partial charge in [0.2, 0.25) is 5.91 Å². The Kier molecular flexibility index (Phi) is 5.49. The Hall–Kier alpha value is -0.280. The molecule has 0 heterocycles. The van der Waals surface area contributed by atoms with Crippen molar-refractivity contribution in [1.82, 2.24) is 0 Å². The molecule has 0 aliphatic rings. The Morgan fingerprint density at radius 3 is 1.86 bits per heavy atom. The van der Waals surface area contributed by atoms with E-state index in [9.17, 15) is 4.79 Å². The maximum atomic E-state index is 9.80. The Bertz CT molecular complexity index is 64.0. The second-order valence-electron chi connectivity index (χ2n) is 1.19. The molecular weight excluding hydrogens is 115 g/mol. The van der Waals surface area contributed by atoms with Crippen LogP contribution in [0.25, 0.3) is 0 Å². The predicted molar refractivity (Wildman–Crippen MR) is 30.1 cm³/mol. The van der Waals surface area contributed by atoms with Gasteiger partial charge in [0.05, 0.1) is 6.04 Å². The van der Waals surface area contributed by atoms with E-state index in [1.54, 1.807) is 6.92 Å². The summed E-state index contributed by atoms with van der Waals surface area (Å²) in [6.07, 6.45) is 0. The summed E-state index contributed by atoms with van der Waals surface area (Å²) in [4.78, 5) is 9.80. The zero-order valence-corrected chi connectivity index (χ0v) is 4.87. The molecule has 0 aliphatic carbocycles. The molecule has 0 aromatic carbocycles. The molecule has 1 amide bonds. The van der Waals surface area contributed by atoms with Gasteiger partial charge in [-0.2, -0.15) is 0 Å². The van der Waals surface area contributed by atoms with Gasteiger partial charge in [0.25, 0.3) is 0 Å². The van der Waals surface area contributed by atoms with E-state index in [-0.39, 0.29) is 12.4 Å². The van der Waals surface area contributed by atoms with Crippen molar-refractivity contribution in [3.63, 3.8) is 0 Å². The Balaban J connectivity index is 0. The van der Waals surface area contributed by atoms with Gasteiger partial charge in [-0.25, -0.2) is 0 Å². The molecule has 0 saturated heterocycles. The number of hydrogen-bond acceptors (Lipinski definition) is 2. The van der Waals surface area contributed by atoms with E-state index in [0.29, 0.717) is 0 Å². The molecule has 0 bridgehead atoms. The van der Waals surface area contributed by atoms with E-state index >= 15 is 0 Å². The minimum Gasteiger partial charge on any atom is -0.368 e. The fourth-order valence-electron chi connectivity index (χ4n) is 0. The van der Waals surface area contributed by atoms with Crippen LogP contribution in [0, 0.1) is 0 Å². The average molecular weight is 125 g/mol. The molecule has 1 atom stereocenters. The summed E-state index contributed by atoms with van der Waals surface area (Å²) in [7, 11) is 0. The lowest BCUT2D eigenvalue weighted by atomic mass is 10.4. The van der Waals surface area contributed by atoms with E-state index in [1.165, 1.54) is 0 Å². The summed E-state index contributed by atoms with van der Waals surface area (Å²) in [5, 5.41) is 0. The minimum absolute atomic E-state index is 0. The molecule has 0 rings (SSSR count). The number of primary amides is 1. The van der Waals surface area contributed by atoms with Crippen LogP contribution in [0.1, 0.15) is 6.92 Å². The zero-order chi connectivity index (χ0) is 5.15. The number of nitrogens with two attached hydrogens (primary N) is 2. The van der Waals surface area contributed by atoms with Crippen LogP contribution >= 0.6 is 12.4 Å². The molecule has 0 spiro atoms. The Morgan fingerprint density at radius 1 is 1.71 bits per heavy atom. The van der Waals surface area contributed by atoms with Crippen LogP contribution in [-0.4, -0.2) is 11.9 Å². The van der Waals surface area contributed by atoms with Gasteiger partial charge in [-0.3, -0.25) is 4.79 Å². The van der Waals surface area contributed by atoms with Crippen LogP contribution < -0.4 is 11.5 Å². The monoisotopic (exact) mass is 124 g/mol. The van der Waals surface area contributed by atoms with Crippen molar-refractivity contribution >= 4 is 18.3 Å². The van der Waals surface area contributed by atoms with Crippen LogP contribution in [0.3, 0.4) is 0 Å². The van der Waals surface area contributed by atoms with E-state index in [4.69, 9.17) is 5.73 Å². The normalized spacial score (nSPS) is 11.7. The standard InChI is InChI=1S/C3H8N2O.ClH/c1-2(4)3(5)6;/h2H,4H2,1H3,(H2,5,6);1H.